The Hall–Kier alpha value is -3.41. The molecule has 1 heterocycles. The SMILES string of the molecule is CC(=O)NC(CC(=O)NCCCOc1cccc2cccnc12)c1ccc(C)cc1. The van der Waals surface area contributed by atoms with Crippen LogP contribution in [0.3, 0.4) is 0 Å². The van der Waals surface area contributed by atoms with Crippen LogP contribution in [0.1, 0.15) is 36.9 Å². The van der Waals surface area contributed by atoms with Crippen molar-refractivity contribution in [1.82, 2.24) is 15.6 Å². The number of aromatic nitrogens is 1. The Morgan fingerprint density at radius 1 is 1.07 bits per heavy atom. The largest absolute Gasteiger partial charge is 0.491 e. The molecule has 2 aromatic carbocycles. The van der Waals surface area contributed by atoms with Gasteiger partial charge < -0.3 is 15.4 Å². The standard InChI is InChI=1S/C24H27N3O3/c1-17-9-11-19(12-10-17)21(27-18(2)28)16-23(29)25-14-5-15-30-22-8-3-6-20-7-4-13-26-24(20)22/h3-4,6-13,21H,5,14-16H2,1-2H3,(H,25,29)(H,27,28). The third kappa shape index (κ3) is 6.04. The number of carbonyl (C=O) groups excluding carboxylic acids is 2. The van der Waals surface area contributed by atoms with Crippen molar-refractivity contribution in [3.05, 3.63) is 71.9 Å². The van der Waals surface area contributed by atoms with E-state index in [4.69, 9.17) is 4.74 Å². The number of rotatable bonds is 9. The lowest BCUT2D eigenvalue weighted by molar-refractivity contribution is -0.122. The number of hydrogen-bond donors (Lipinski definition) is 2. The predicted octanol–water partition coefficient (Wildman–Crippen LogP) is 3.70. The maximum absolute atomic E-state index is 12.4. The van der Waals surface area contributed by atoms with E-state index >= 15 is 0 Å². The van der Waals surface area contributed by atoms with E-state index in [1.165, 1.54) is 6.92 Å². The fraction of sp³-hybridized carbons (Fsp3) is 0.292. The van der Waals surface area contributed by atoms with E-state index in [1.807, 2.05) is 61.5 Å². The summed E-state index contributed by atoms with van der Waals surface area (Å²) < 4.78 is 5.84. The Balaban J connectivity index is 1.46. The van der Waals surface area contributed by atoms with Crippen LogP contribution < -0.4 is 15.4 Å². The molecule has 0 aliphatic rings. The summed E-state index contributed by atoms with van der Waals surface area (Å²) >= 11 is 0. The number of nitrogens with zero attached hydrogens (tertiary/aromatic N) is 1. The lowest BCUT2D eigenvalue weighted by Crippen LogP contribution is -2.33. The third-order valence-electron chi connectivity index (χ3n) is 4.74. The highest BCUT2D eigenvalue weighted by molar-refractivity contribution is 5.84. The van der Waals surface area contributed by atoms with Crippen LogP contribution in [-0.2, 0) is 9.59 Å². The van der Waals surface area contributed by atoms with E-state index in [1.54, 1.807) is 6.20 Å². The van der Waals surface area contributed by atoms with Crippen LogP contribution >= 0.6 is 0 Å². The zero-order valence-electron chi connectivity index (χ0n) is 17.4. The number of amides is 2. The highest BCUT2D eigenvalue weighted by Gasteiger charge is 2.16. The molecule has 0 aliphatic carbocycles. The minimum absolute atomic E-state index is 0.110. The molecule has 0 spiro atoms. The molecule has 0 bridgehead atoms. The van der Waals surface area contributed by atoms with Crippen molar-refractivity contribution < 1.29 is 14.3 Å². The van der Waals surface area contributed by atoms with E-state index in [0.29, 0.717) is 19.6 Å². The number of hydrogen-bond acceptors (Lipinski definition) is 4. The van der Waals surface area contributed by atoms with Gasteiger partial charge in [0.25, 0.3) is 0 Å². The predicted molar refractivity (Wildman–Crippen MR) is 117 cm³/mol. The van der Waals surface area contributed by atoms with Crippen LogP contribution in [0.15, 0.2) is 60.8 Å². The summed E-state index contributed by atoms with van der Waals surface area (Å²) in [4.78, 5) is 28.3. The topological polar surface area (TPSA) is 80.3 Å². The zero-order chi connectivity index (χ0) is 21.3. The Kier molecular flexibility index (Phi) is 7.38. The fourth-order valence-electron chi connectivity index (χ4n) is 3.23. The van der Waals surface area contributed by atoms with E-state index in [-0.39, 0.29) is 24.3 Å². The molecule has 156 valence electrons. The minimum atomic E-state index is -0.346. The van der Waals surface area contributed by atoms with Crippen LogP contribution in [0.4, 0.5) is 0 Å². The number of pyridine rings is 1. The smallest absolute Gasteiger partial charge is 0.222 e. The van der Waals surface area contributed by atoms with E-state index < -0.39 is 0 Å². The molecule has 0 saturated carbocycles. The lowest BCUT2D eigenvalue weighted by Gasteiger charge is -2.18. The van der Waals surface area contributed by atoms with Gasteiger partial charge in [0.15, 0.2) is 0 Å². The van der Waals surface area contributed by atoms with Gasteiger partial charge in [-0.2, -0.15) is 0 Å². The average molecular weight is 405 g/mol. The lowest BCUT2D eigenvalue weighted by atomic mass is 10.0. The summed E-state index contributed by atoms with van der Waals surface area (Å²) in [6, 6.07) is 17.2. The van der Waals surface area contributed by atoms with E-state index in [2.05, 4.69) is 15.6 Å². The molecule has 0 radical (unpaired) electrons. The molecule has 30 heavy (non-hydrogen) atoms. The first-order valence-corrected chi connectivity index (χ1v) is 10.1. The molecule has 6 heteroatoms. The first-order valence-electron chi connectivity index (χ1n) is 10.1. The average Bonchev–Trinajstić information content (AvgIpc) is 2.73. The van der Waals surface area contributed by atoms with Crippen molar-refractivity contribution in [3.8, 4) is 5.75 Å². The molecular formula is C24H27N3O3. The summed E-state index contributed by atoms with van der Waals surface area (Å²) in [7, 11) is 0. The van der Waals surface area contributed by atoms with Gasteiger partial charge in [-0.05, 0) is 31.0 Å². The van der Waals surface area contributed by atoms with Crippen LogP contribution in [0.5, 0.6) is 5.75 Å². The molecule has 1 aromatic heterocycles. The minimum Gasteiger partial charge on any atom is -0.491 e. The second kappa shape index (κ2) is 10.4. The van der Waals surface area contributed by atoms with Crippen LogP contribution in [-0.4, -0.2) is 29.9 Å². The molecule has 2 N–H and O–H groups in total. The molecule has 0 saturated heterocycles. The number of aryl methyl sites for hydroxylation is 1. The first kappa shape index (κ1) is 21.3. The Labute approximate surface area is 176 Å². The van der Waals surface area contributed by atoms with Gasteiger partial charge in [0.1, 0.15) is 11.3 Å². The summed E-state index contributed by atoms with van der Waals surface area (Å²) in [6.07, 6.45) is 2.61. The second-order valence-electron chi connectivity index (χ2n) is 7.25. The van der Waals surface area contributed by atoms with Gasteiger partial charge >= 0.3 is 0 Å². The summed E-state index contributed by atoms with van der Waals surface area (Å²) in [5, 5.41) is 6.79. The van der Waals surface area contributed by atoms with Crippen molar-refractivity contribution in [2.24, 2.45) is 0 Å². The fourth-order valence-corrected chi connectivity index (χ4v) is 3.23. The van der Waals surface area contributed by atoms with Crippen molar-refractivity contribution in [2.45, 2.75) is 32.7 Å². The highest BCUT2D eigenvalue weighted by atomic mass is 16.5. The van der Waals surface area contributed by atoms with Gasteiger partial charge in [0.2, 0.25) is 11.8 Å². The van der Waals surface area contributed by atoms with Crippen LogP contribution in [0.2, 0.25) is 0 Å². The Morgan fingerprint density at radius 2 is 1.83 bits per heavy atom. The molecule has 3 rings (SSSR count). The van der Waals surface area contributed by atoms with Crippen molar-refractivity contribution in [3.63, 3.8) is 0 Å². The van der Waals surface area contributed by atoms with Gasteiger partial charge in [-0.1, -0.05) is 48.0 Å². The number of ether oxygens (including phenoxy) is 1. The molecule has 0 fully saturated rings. The van der Waals surface area contributed by atoms with Crippen molar-refractivity contribution in [2.75, 3.05) is 13.2 Å². The molecule has 0 aliphatic heterocycles. The molecule has 1 unspecified atom stereocenters. The maximum Gasteiger partial charge on any atom is 0.222 e. The van der Waals surface area contributed by atoms with Crippen molar-refractivity contribution >= 4 is 22.7 Å². The molecule has 1 atom stereocenters. The summed E-state index contributed by atoms with van der Waals surface area (Å²) in [5.41, 5.74) is 2.88. The number of fused-ring (bicyclic) bond motifs is 1. The number of para-hydroxylation sites is 1. The van der Waals surface area contributed by atoms with Gasteiger partial charge in [-0.3, -0.25) is 14.6 Å². The number of carbonyl (C=O) groups is 2. The second-order valence-corrected chi connectivity index (χ2v) is 7.25. The van der Waals surface area contributed by atoms with Crippen molar-refractivity contribution in [1.29, 1.82) is 0 Å². The highest BCUT2D eigenvalue weighted by Crippen LogP contribution is 2.23. The van der Waals surface area contributed by atoms with Gasteiger partial charge in [0, 0.05) is 25.1 Å². The molecular weight excluding hydrogens is 378 g/mol. The Morgan fingerprint density at radius 3 is 2.60 bits per heavy atom. The van der Waals surface area contributed by atoms with Gasteiger partial charge in [-0.15, -0.1) is 0 Å². The Bertz CT molecular complexity index is 997. The molecule has 6 nitrogen and oxygen atoms in total. The normalized spacial score (nSPS) is 11.7. The quantitative estimate of drug-likeness (QED) is 0.532. The van der Waals surface area contributed by atoms with E-state index in [9.17, 15) is 9.59 Å². The van der Waals surface area contributed by atoms with Crippen LogP contribution in [0, 0.1) is 6.92 Å². The number of nitrogens with one attached hydrogen (secondary N) is 2. The summed E-state index contributed by atoms with van der Waals surface area (Å²) in [5.74, 6) is 0.469. The molecule has 2 amide bonds. The first-order chi connectivity index (χ1) is 14.5. The number of benzene rings is 2. The van der Waals surface area contributed by atoms with E-state index in [0.717, 1.165) is 27.8 Å². The zero-order valence-corrected chi connectivity index (χ0v) is 17.4. The van der Waals surface area contributed by atoms with Crippen LogP contribution in [0.25, 0.3) is 10.9 Å². The molecule has 3 aromatic rings. The maximum atomic E-state index is 12.4. The monoisotopic (exact) mass is 405 g/mol. The summed E-state index contributed by atoms with van der Waals surface area (Å²) in [6.45, 7) is 4.43. The third-order valence-corrected chi connectivity index (χ3v) is 4.74. The van der Waals surface area contributed by atoms with Gasteiger partial charge in [0.05, 0.1) is 19.1 Å². The van der Waals surface area contributed by atoms with Gasteiger partial charge in [-0.25, -0.2) is 0 Å².